The third-order valence-electron chi connectivity index (χ3n) is 4.30. The Bertz CT molecular complexity index is 718. The van der Waals surface area contributed by atoms with Gasteiger partial charge in [0, 0.05) is 18.1 Å². The molecule has 0 bridgehead atoms. The first-order valence-corrected chi connectivity index (χ1v) is 9.83. The Hall–Kier alpha value is -2.18. The minimum Gasteiger partial charge on any atom is -0.497 e. The second-order valence-electron chi connectivity index (χ2n) is 6.37. The predicted octanol–water partition coefficient (Wildman–Crippen LogP) is 3.66. The Labute approximate surface area is 165 Å². The molecule has 0 aromatic heterocycles. The molecule has 6 heteroatoms. The number of esters is 1. The molecular formula is C21H27NO4S. The monoisotopic (exact) mass is 389 g/mol. The summed E-state index contributed by atoms with van der Waals surface area (Å²) < 4.78 is 15.4. The van der Waals surface area contributed by atoms with Gasteiger partial charge in [0.05, 0.1) is 21.3 Å². The van der Waals surface area contributed by atoms with Gasteiger partial charge in [0.1, 0.15) is 17.0 Å². The topological polar surface area (TPSA) is 56.8 Å². The second-order valence-corrected chi connectivity index (χ2v) is 7.35. The van der Waals surface area contributed by atoms with Crippen LogP contribution in [0.1, 0.15) is 18.1 Å². The average molecular weight is 390 g/mol. The summed E-state index contributed by atoms with van der Waals surface area (Å²) in [7, 11) is 4.71. The molecule has 0 saturated carbocycles. The van der Waals surface area contributed by atoms with E-state index in [0.717, 1.165) is 22.8 Å². The molecule has 0 aliphatic rings. The Balaban J connectivity index is 1.93. The lowest BCUT2D eigenvalue weighted by Gasteiger charge is -2.28. The number of thioether (sulfide) groups is 1. The zero-order chi connectivity index (χ0) is 19.7. The molecule has 146 valence electrons. The molecule has 0 radical (unpaired) electrons. The summed E-state index contributed by atoms with van der Waals surface area (Å²) in [4.78, 5) is 12.3. The van der Waals surface area contributed by atoms with Crippen molar-refractivity contribution in [2.75, 3.05) is 27.1 Å². The van der Waals surface area contributed by atoms with E-state index in [1.165, 1.54) is 12.7 Å². The summed E-state index contributed by atoms with van der Waals surface area (Å²) >= 11 is 1.69. The zero-order valence-corrected chi connectivity index (χ0v) is 17.1. The van der Waals surface area contributed by atoms with E-state index < -0.39 is 5.54 Å². The van der Waals surface area contributed by atoms with Gasteiger partial charge < -0.3 is 14.2 Å². The molecule has 1 atom stereocenters. The van der Waals surface area contributed by atoms with Crippen LogP contribution in [0, 0.1) is 0 Å². The van der Waals surface area contributed by atoms with Crippen molar-refractivity contribution in [3.63, 3.8) is 0 Å². The highest BCUT2D eigenvalue weighted by molar-refractivity contribution is 7.98. The van der Waals surface area contributed by atoms with Gasteiger partial charge in [-0.05, 0) is 42.3 Å². The number of nitrogens with one attached hydrogen (secondary N) is 1. The highest BCUT2D eigenvalue weighted by Gasteiger charge is 2.33. The fourth-order valence-electron chi connectivity index (χ4n) is 2.54. The van der Waals surface area contributed by atoms with E-state index in [1.54, 1.807) is 26.0 Å². The van der Waals surface area contributed by atoms with Crippen LogP contribution < -0.4 is 14.8 Å². The largest absolute Gasteiger partial charge is 0.497 e. The van der Waals surface area contributed by atoms with Gasteiger partial charge in [0.2, 0.25) is 0 Å². The van der Waals surface area contributed by atoms with Gasteiger partial charge in [0.15, 0.2) is 0 Å². The summed E-state index contributed by atoms with van der Waals surface area (Å²) in [6, 6.07) is 15.7. The smallest absolute Gasteiger partial charge is 0.326 e. The summed E-state index contributed by atoms with van der Waals surface area (Å²) in [6.45, 7) is 2.45. The van der Waals surface area contributed by atoms with Gasteiger partial charge in [-0.2, -0.15) is 11.8 Å². The molecule has 0 spiro atoms. The van der Waals surface area contributed by atoms with Crippen molar-refractivity contribution in [3.8, 4) is 11.5 Å². The first kappa shape index (κ1) is 21.1. The number of ether oxygens (including phenoxy) is 3. The van der Waals surface area contributed by atoms with E-state index in [4.69, 9.17) is 14.2 Å². The van der Waals surface area contributed by atoms with Crippen molar-refractivity contribution in [3.05, 3.63) is 59.7 Å². The molecule has 0 unspecified atom stereocenters. The molecule has 0 fully saturated rings. The molecule has 0 aliphatic carbocycles. The van der Waals surface area contributed by atoms with E-state index in [0.29, 0.717) is 12.3 Å². The lowest BCUT2D eigenvalue weighted by Crippen LogP contribution is -2.52. The average Bonchev–Trinajstić information content (AvgIpc) is 2.72. The van der Waals surface area contributed by atoms with E-state index in [1.807, 2.05) is 55.5 Å². The highest BCUT2D eigenvalue weighted by atomic mass is 32.2. The number of benzene rings is 2. The number of hydrogen-bond acceptors (Lipinski definition) is 6. The maximum Gasteiger partial charge on any atom is 0.326 e. The van der Waals surface area contributed by atoms with Crippen molar-refractivity contribution in [1.82, 2.24) is 5.32 Å². The lowest BCUT2D eigenvalue weighted by molar-refractivity contribution is -0.146. The molecule has 1 N–H and O–H groups in total. The van der Waals surface area contributed by atoms with Crippen LogP contribution in [0.4, 0.5) is 0 Å². The minimum absolute atomic E-state index is 0.266. The van der Waals surface area contributed by atoms with Crippen molar-refractivity contribution < 1.29 is 19.0 Å². The van der Waals surface area contributed by atoms with Crippen molar-refractivity contribution in [2.45, 2.75) is 24.8 Å². The van der Waals surface area contributed by atoms with Crippen LogP contribution in [0.25, 0.3) is 0 Å². The number of carbonyl (C=O) groups excluding carboxylic acids is 1. The van der Waals surface area contributed by atoms with Crippen LogP contribution >= 0.6 is 11.8 Å². The van der Waals surface area contributed by atoms with Gasteiger partial charge in [-0.1, -0.05) is 24.3 Å². The summed E-state index contributed by atoms with van der Waals surface area (Å²) in [5, 5.41) is 3.35. The molecule has 0 heterocycles. The van der Waals surface area contributed by atoms with E-state index >= 15 is 0 Å². The molecule has 5 nitrogen and oxygen atoms in total. The van der Waals surface area contributed by atoms with Crippen molar-refractivity contribution in [1.29, 1.82) is 0 Å². The van der Waals surface area contributed by atoms with Crippen molar-refractivity contribution in [2.24, 2.45) is 0 Å². The Morgan fingerprint density at radius 1 is 0.926 bits per heavy atom. The normalized spacial score (nSPS) is 12.9. The fourth-order valence-corrected chi connectivity index (χ4v) is 3.70. The molecule has 27 heavy (non-hydrogen) atoms. The van der Waals surface area contributed by atoms with Crippen LogP contribution in [0.15, 0.2) is 48.5 Å². The Morgan fingerprint density at radius 2 is 1.44 bits per heavy atom. The van der Waals surface area contributed by atoms with Crippen LogP contribution in [0.5, 0.6) is 11.5 Å². The molecule has 2 rings (SSSR count). The first-order chi connectivity index (χ1) is 13.0. The number of carbonyl (C=O) groups is 1. The summed E-state index contributed by atoms with van der Waals surface area (Å²) in [5.41, 5.74) is 1.49. The maximum atomic E-state index is 12.3. The van der Waals surface area contributed by atoms with Crippen LogP contribution in [0.2, 0.25) is 0 Å². The van der Waals surface area contributed by atoms with Crippen LogP contribution in [-0.4, -0.2) is 38.6 Å². The quantitative estimate of drug-likeness (QED) is 0.626. The predicted molar refractivity (Wildman–Crippen MR) is 109 cm³/mol. The molecule has 0 saturated heterocycles. The zero-order valence-electron chi connectivity index (χ0n) is 16.3. The Morgan fingerprint density at radius 3 is 1.93 bits per heavy atom. The summed E-state index contributed by atoms with van der Waals surface area (Å²) in [5.74, 6) is 2.79. The van der Waals surface area contributed by atoms with Gasteiger partial charge in [-0.25, -0.2) is 0 Å². The SMILES string of the molecule is COC(=O)[C@@](C)(CSCc1ccc(OC)cc1)NCc1ccc(OC)cc1. The minimum atomic E-state index is -0.772. The fraction of sp³-hybridized carbons (Fsp3) is 0.381. The van der Waals surface area contributed by atoms with Gasteiger partial charge in [-0.15, -0.1) is 0 Å². The third kappa shape index (κ3) is 6.19. The second kappa shape index (κ2) is 10.2. The molecular weight excluding hydrogens is 362 g/mol. The standard InChI is InChI=1S/C21H27NO4S/c1-21(20(23)26-4,22-13-16-5-9-18(24-2)10-6-16)15-27-14-17-7-11-19(25-3)12-8-17/h5-12,22H,13-15H2,1-4H3/t21-/m1/s1. The molecule has 0 amide bonds. The van der Waals surface area contributed by atoms with Gasteiger partial charge in [0.25, 0.3) is 0 Å². The van der Waals surface area contributed by atoms with E-state index in [9.17, 15) is 4.79 Å². The maximum absolute atomic E-state index is 12.3. The van der Waals surface area contributed by atoms with Gasteiger partial charge >= 0.3 is 5.97 Å². The lowest BCUT2D eigenvalue weighted by atomic mass is 10.0. The number of methoxy groups -OCH3 is 3. The number of hydrogen-bond donors (Lipinski definition) is 1. The molecule has 2 aromatic rings. The van der Waals surface area contributed by atoms with E-state index in [-0.39, 0.29) is 5.97 Å². The first-order valence-electron chi connectivity index (χ1n) is 8.68. The van der Waals surface area contributed by atoms with Crippen molar-refractivity contribution >= 4 is 17.7 Å². The molecule has 2 aromatic carbocycles. The Kier molecular flexibility index (Phi) is 8.00. The van der Waals surface area contributed by atoms with Crippen LogP contribution in [-0.2, 0) is 21.8 Å². The summed E-state index contributed by atoms with van der Waals surface area (Å²) in [6.07, 6.45) is 0. The van der Waals surface area contributed by atoms with Gasteiger partial charge in [-0.3, -0.25) is 10.1 Å². The highest BCUT2D eigenvalue weighted by Crippen LogP contribution is 2.22. The number of rotatable bonds is 10. The van der Waals surface area contributed by atoms with Crippen LogP contribution in [0.3, 0.4) is 0 Å². The van der Waals surface area contributed by atoms with E-state index in [2.05, 4.69) is 5.32 Å². The molecule has 0 aliphatic heterocycles. The third-order valence-corrected chi connectivity index (χ3v) is 5.62.